The summed E-state index contributed by atoms with van der Waals surface area (Å²) in [7, 11) is -2.31. The highest BCUT2D eigenvalue weighted by Gasteiger charge is 2.19. The van der Waals surface area contributed by atoms with Crippen molar-refractivity contribution in [3.63, 3.8) is 0 Å². The second-order valence-electron chi connectivity index (χ2n) is 6.75. The Morgan fingerprint density at radius 3 is 2.38 bits per heavy atom. The van der Waals surface area contributed by atoms with Crippen LogP contribution in [0.3, 0.4) is 0 Å². The number of nitrogens with one attached hydrogen (secondary N) is 1. The first-order chi connectivity index (χ1) is 13.8. The van der Waals surface area contributed by atoms with Gasteiger partial charge in [0.15, 0.2) is 0 Å². The monoisotopic (exact) mass is 412 g/mol. The normalized spacial score (nSPS) is 11.1. The van der Waals surface area contributed by atoms with E-state index in [1.54, 1.807) is 49.5 Å². The molecule has 0 fully saturated rings. The van der Waals surface area contributed by atoms with E-state index in [2.05, 4.69) is 4.72 Å². The third-order valence-electron chi connectivity index (χ3n) is 4.41. The van der Waals surface area contributed by atoms with Crippen LogP contribution in [0.4, 0.5) is 10.1 Å². The predicted octanol–water partition coefficient (Wildman–Crippen LogP) is 4.21. The van der Waals surface area contributed by atoms with Crippen LogP contribution >= 0.6 is 0 Å². The van der Waals surface area contributed by atoms with Crippen molar-refractivity contribution in [3.05, 3.63) is 95.3 Å². The number of rotatable bonds is 6. The van der Waals surface area contributed by atoms with Crippen LogP contribution in [-0.2, 0) is 16.6 Å². The zero-order chi connectivity index (χ0) is 21.0. The molecule has 0 atom stereocenters. The molecule has 7 heteroatoms. The number of carbonyl (C=O) groups excluding carboxylic acids is 1. The topological polar surface area (TPSA) is 66.5 Å². The van der Waals surface area contributed by atoms with E-state index < -0.39 is 21.7 Å². The van der Waals surface area contributed by atoms with Gasteiger partial charge < -0.3 is 4.90 Å². The minimum absolute atomic E-state index is 0.0248. The Balaban J connectivity index is 1.80. The van der Waals surface area contributed by atoms with Gasteiger partial charge in [0.05, 0.1) is 4.90 Å². The number of carbonyl (C=O) groups is 1. The molecule has 3 rings (SSSR count). The van der Waals surface area contributed by atoms with E-state index in [9.17, 15) is 17.6 Å². The van der Waals surface area contributed by atoms with Gasteiger partial charge in [-0.3, -0.25) is 9.52 Å². The lowest BCUT2D eigenvalue weighted by Crippen LogP contribution is -2.27. The molecular weight excluding hydrogens is 391 g/mol. The maximum atomic E-state index is 13.8. The summed E-state index contributed by atoms with van der Waals surface area (Å²) < 4.78 is 41.7. The Bertz CT molecular complexity index is 1130. The molecule has 150 valence electrons. The molecule has 5 nitrogen and oxygen atoms in total. The number of aryl methyl sites for hydroxylation is 1. The van der Waals surface area contributed by atoms with Gasteiger partial charge in [0.1, 0.15) is 5.82 Å². The summed E-state index contributed by atoms with van der Waals surface area (Å²) in [6, 6.07) is 18.9. The second-order valence-corrected chi connectivity index (χ2v) is 8.43. The van der Waals surface area contributed by atoms with E-state index in [4.69, 9.17) is 0 Å². The molecule has 0 saturated heterocycles. The molecule has 0 aliphatic heterocycles. The molecule has 0 heterocycles. The highest BCUT2D eigenvalue weighted by atomic mass is 32.2. The lowest BCUT2D eigenvalue weighted by molar-refractivity contribution is 0.0783. The summed E-state index contributed by atoms with van der Waals surface area (Å²) in [5.74, 6) is -0.800. The lowest BCUT2D eigenvalue weighted by Gasteiger charge is -2.18. The first kappa shape index (κ1) is 20.5. The van der Waals surface area contributed by atoms with Gasteiger partial charge in [0, 0.05) is 30.4 Å². The van der Waals surface area contributed by atoms with E-state index in [1.165, 1.54) is 35.2 Å². The van der Waals surface area contributed by atoms with E-state index in [1.807, 2.05) is 6.92 Å². The molecule has 3 aromatic rings. The standard InChI is InChI=1S/C22H21FN2O3S/c1-16-10-12-19(13-11-16)24-29(27,28)20-8-5-7-17(14-20)22(26)25(2)15-18-6-3-4-9-21(18)23/h3-14,24H,15H2,1-2H3. The number of nitrogens with zero attached hydrogens (tertiary/aromatic N) is 1. The Morgan fingerprint density at radius 1 is 1.00 bits per heavy atom. The third kappa shape index (κ3) is 5.00. The predicted molar refractivity (Wildman–Crippen MR) is 111 cm³/mol. The van der Waals surface area contributed by atoms with Crippen LogP contribution in [0.2, 0.25) is 0 Å². The van der Waals surface area contributed by atoms with Crippen molar-refractivity contribution >= 4 is 21.6 Å². The molecule has 0 aromatic heterocycles. The molecule has 0 saturated carbocycles. The molecule has 3 aromatic carbocycles. The molecule has 29 heavy (non-hydrogen) atoms. The number of hydrogen-bond acceptors (Lipinski definition) is 3. The van der Waals surface area contributed by atoms with Gasteiger partial charge in [-0.1, -0.05) is 42.0 Å². The highest BCUT2D eigenvalue weighted by Crippen LogP contribution is 2.19. The molecule has 0 unspecified atom stereocenters. The summed E-state index contributed by atoms with van der Waals surface area (Å²) in [5.41, 5.74) is 2.03. The number of anilines is 1. The van der Waals surface area contributed by atoms with Gasteiger partial charge >= 0.3 is 0 Å². The average Bonchev–Trinajstić information content (AvgIpc) is 2.71. The number of hydrogen-bond donors (Lipinski definition) is 1. The summed E-state index contributed by atoms with van der Waals surface area (Å²) in [5, 5.41) is 0. The number of sulfonamides is 1. The Hall–Kier alpha value is -3.19. The maximum absolute atomic E-state index is 13.8. The van der Waals surface area contributed by atoms with Gasteiger partial charge in [-0.05, 0) is 43.3 Å². The minimum atomic E-state index is -3.85. The van der Waals surface area contributed by atoms with Gasteiger partial charge in [-0.2, -0.15) is 0 Å². The molecule has 0 bridgehead atoms. The van der Waals surface area contributed by atoms with Crippen LogP contribution in [0.25, 0.3) is 0 Å². The molecule has 0 spiro atoms. The smallest absolute Gasteiger partial charge is 0.261 e. The van der Waals surface area contributed by atoms with Crippen molar-refractivity contribution < 1.29 is 17.6 Å². The van der Waals surface area contributed by atoms with Crippen molar-refractivity contribution in [3.8, 4) is 0 Å². The summed E-state index contributed by atoms with van der Waals surface area (Å²) >= 11 is 0. The van der Waals surface area contributed by atoms with E-state index in [0.29, 0.717) is 11.3 Å². The van der Waals surface area contributed by atoms with Crippen molar-refractivity contribution in [1.29, 1.82) is 0 Å². The second kappa shape index (κ2) is 8.45. The van der Waals surface area contributed by atoms with E-state index in [-0.39, 0.29) is 17.0 Å². The van der Waals surface area contributed by atoms with Gasteiger partial charge in [-0.25, -0.2) is 12.8 Å². The highest BCUT2D eigenvalue weighted by molar-refractivity contribution is 7.92. The fraction of sp³-hybridized carbons (Fsp3) is 0.136. The van der Waals surface area contributed by atoms with Crippen LogP contribution in [0.1, 0.15) is 21.5 Å². The zero-order valence-electron chi connectivity index (χ0n) is 16.1. The molecule has 0 aliphatic rings. The summed E-state index contributed by atoms with van der Waals surface area (Å²) in [6.45, 7) is 1.98. The molecule has 0 aliphatic carbocycles. The van der Waals surface area contributed by atoms with Crippen LogP contribution in [0, 0.1) is 12.7 Å². The fourth-order valence-corrected chi connectivity index (χ4v) is 3.91. The summed E-state index contributed by atoms with van der Waals surface area (Å²) in [4.78, 5) is 14.0. The largest absolute Gasteiger partial charge is 0.337 e. The maximum Gasteiger partial charge on any atom is 0.261 e. The Morgan fingerprint density at radius 2 is 1.69 bits per heavy atom. The number of halogens is 1. The average molecular weight is 412 g/mol. The van der Waals surface area contributed by atoms with E-state index in [0.717, 1.165) is 5.56 Å². The first-order valence-electron chi connectivity index (χ1n) is 8.95. The van der Waals surface area contributed by atoms with Gasteiger partial charge in [0.25, 0.3) is 15.9 Å². The lowest BCUT2D eigenvalue weighted by atomic mass is 10.1. The van der Waals surface area contributed by atoms with Gasteiger partial charge in [-0.15, -0.1) is 0 Å². The van der Waals surface area contributed by atoms with Crippen LogP contribution in [0.15, 0.2) is 77.7 Å². The molecule has 0 radical (unpaired) electrons. The Kier molecular flexibility index (Phi) is 5.98. The van der Waals surface area contributed by atoms with Crippen LogP contribution in [0.5, 0.6) is 0 Å². The van der Waals surface area contributed by atoms with Crippen LogP contribution in [-0.4, -0.2) is 26.3 Å². The minimum Gasteiger partial charge on any atom is -0.337 e. The zero-order valence-corrected chi connectivity index (χ0v) is 16.9. The quantitative estimate of drug-likeness (QED) is 0.660. The van der Waals surface area contributed by atoms with Crippen LogP contribution < -0.4 is 4.72 Å². The molecule has 1 N–H and O–H groups in total. The van der Waals surface area contributed by atoms with Crippen molar-refractivity contribution in [1.82, 2.24) is 4.90 Å². The van der Waals surface area contributed by atoms with Crippen molar-refractivity contribution in [2.24, 2.45) is 0 Å². The van der Waals surface area contributed by atoms with E-state index >= 15 is 0 Å². The molecule has 1 amide bonds. The fourth-order valence-electron chi connectivity index (χ4n) is 2.81. The van der Waals surface area contributed by atoms with Gasteiger partial charge in [0.2, 0.25) is 0 Å². The third-order valence-corrected chi connectivity index (χ3v) is 5.79. The van der Waals surface area contributed by atoms with Crippen molar-refractivity contribution in [2.75, 3.05) is 11.8 Å². The number of benzene rings is 3. The summed E-state index contributed by atoms with van der Waals surface area (Å²) in [6.07, 6.45) is 0. The van der Waals surface area contributed by atoms with Crippen molar-refractivity contribution in [2.45, 2.75) is 18.4 Å². The molecular formula is C22H21FN2O3S. The number of amides is 1. The first-order valence-corrected chi connectivity index (χ1v) is 10.4. The Labute approximate surface area is 169 Å². The SMILES string of the molecule is Cc1ccc(NS(=O)(=O)c2cccc(C(=O)N(C)Cc3ccccc3F)c2)cc1.